The Bertz CT molecular complexity index is 1450. The standard InChI is InChI=1S/C26H24N6O2S.2ClH/c27-13-20-8-9-26-22(11-20)16-32(35(33,34)25-6-2-1-3-7-25)24(12-21-5-4-10-28-14-21)18-31(26)17-23-15-29-19-30-23;;/h1-11,14-15,19,24H,12,16-18H2,(H,29,30);2*1H/t24-;;/m1../s1. The normalized spacial score (nSPS) is 15.4. The summed E-state index contributed by atoms with van der Waals surface area (Å²) < 4.78 is 29.5. The van der Waals surface area contributed by atoms with Gasteiger partial charge in [0.2, 0.25) is 10.0 Å². The molecule has 37 heavy (non-hydrogen) atoms. The number of nitrogens with one attached hydrogen (secondary N) is 1. The summed E-state index contributed by atoms with van der Waals surface area (Å²) in [5.74, 6) is 0. The van der Waals surface area contributed by atoms with E-state index in [4.69, 9.17) is 0 Å². The van der Waals surface area contributed by atoms with Crippen molar-refractivity contribution >= 4 is 40.5 Å². The molecule has 0 aliphatic carbocycles. The fourth-order valence-corrected chi connectivity index (χ4v) is 6.14. The fraction of sp³-hybridized carbons (Fsp3) is 0.192. The second-order valence-electron chi connectivity index (χ2n) is 8.50. The van der Waals surface area contributed by atoms with Gasteiger partial charge in [0.15, 0.2) is 0 Å². The van der Waals surface area contributed by atoms with Gasteiger partial charge in [-0.25, -0.2) is 13.4 Å². The molecular formula is C26H26Cl2N6O2S. The summed E-state index contributed by atoms with van der Waals surface area (Å²) >= 11 is 0. The molecule has 0 fully saturated rings. The number of sulfonamides is 1. The summed E-state index contributed by atoms with van der Waals surface area (Å²) in [6.07, 6.45) is 7.38. The number of H-pyrrole nitrogens is 1. The number of hydrogen-bond donors (Lipinski definition) is 1. The summed E-state index contributed by atoms with van der Waals surface area (Å²) in [5.41, 5.74) is 4.06. The van der Waals surface area contributed by atoms with Crippen molar-refractivity contribution in [1.82, 2.24) is 19.3 Å². The lowest BCUT2D eigenvalue weighted by Gasteiger charge is -2.32. The van der Waals surface area contributed by atoms with E-state index in [1.807, 2.05) is 18.2 Å². The largest absolute Gasteiger partial charge is 0.364 e. The molecule has 8 nitrogen and oxygen atoms in total. The predicted molar refractivity (Wildman–Crippen MR) is 146 cm³/mol. The van der Waals surface area contributed by atoms with E-state index in [1.54, 1.807) is 71.7 Å². The van der Waals surface area contributed by atoms with Crippen molar-refractivity contribution in [3.05, 3.63) is 108 Å². The zero-order valence-electron chi connectivity index (χ0n) is 19.8. The van der Waals surface area contributed by atoms with Crippen LogP contribution in [-0.4, -0.2) is 40.3 Å². The maximum atomic E-state index is 13.9. The van der Waals surface area contributed by atoms with Gasteiger partial charge in [-0.3, -0.25) is 4.98 Å². The Hall–Kier alpha value is -3.42. The van der Waals surface area contributed by atoms with Crippen molar-refractivity contribution in [2.45, 2.75) is 30.4 Å². The first kappa shape index (κ1) is 28.2. The van der Waals surface area contributed by atoms with Crippen LogP contribution in [0.4, 0.5) is 5.69 Å². The molecule has 2 aromatic carbocycles. The third kappa shape index (κ3) is 6.12. The van der Waals surface area contributed by atoms with Gasteiger partial charge in [-0.1, -0.05) is 24.3 Å². The highest BCUT2D eigenvalue weighted by molar-refractivity contribution is 7.89. The first-order valence-corrected chi connectivity index (χ1v) is 12.7. The molecule has 0 saturated carbocycles. The Balaban J connectivity index is 0.00000190. The number of hydrogen-bond acceptors (Lipinski definition) is 6. The summed E-state index contributed by atoms with van der Waals surface area (Å²) in [5, 5.41) is 9.52. The molecule has 1 aliphatic rings. The number of benzene rings is 2. The number of fused-ring (bicyclic) bond motifs is 1. The van der Waals surface area contributed by atoms with Crippen LogP contribution in [0.15, 0.2) is 90.5 Å². The molecule has 0 radical (unpaired) electrons. The van der Waals surface area contributed by atoms with Crippen LogP contribution in [0.25, 0.3) is 0 Å². The van der Waals surface area contributed by atoms with E-state index in [2.05, 4.69) is 25.9 Å². The molecule has 0 amide bonds. The van der Waals surface area contributed by atoms with Crippen LogP contribution in [0.2, 0.25) is 0 Å². The molecule has 4 aromatic rings. The SMILES string of the molecule is Cl.Cl.N#Cc1ccc2c(c1)CN(S(=O)(=O)c1ccccc1)[C@H](Cc1cccnc1)CN2Cc1cnc[nH]1. The Labute approximate surface area is 228 Å². The second-order valence-corrected chi connectivity index (χ2v) is 10.4. The summed E-state index contributed by atoms with van der Waals surface area (Å²) in [6, 6.07) is 19.6. The van der Waals surface area contributed by atoms with Crippen molar-refractivity contribution in [2.24, 2.45) is 0 Å². The molecule has 0 spiro atoms. The number of pyridine rings is 1. The Morgan fingerprint density at radius 3 is 2.51 bits per heavy atom. The number of halogens is 2. The highest BCUT2D eigenvalue weighted by atomic mass is 35.5. The van der Waals surface area contributed by atoms with Crippen LogP contribution in [0, 0.1) is 11.3 Å². The number of aromatic amines is 1. The molecular weight excluding hydrogens is 531 g/mol. The van der Waals surface area contributed by atoms with Gasteiger partial charge in [0.25, 0.3) is 0 Å². The summed E-state index contributed by atoms with van der Waals surface area (Å²) in [4.78, 5) is 13.9. The fourth-order valence-electron chi connectivity index (χ4n) is 4.52. The van der Waals surface area contributed by atoms with Gasteiger partial charge in [-0.2, -0.15) is 9.57 Å². The molecule has 3 heterocycles. The monoisotopic (exact) mass is 556 g/mol. The minimum atomic E-state index is -3.82. The van der Waals surface area contributed by atoms with Gasteiger partial charge in [-0.05, 0) is 53.9 Å². The number of imidazole rings is 1. The van der Waals surface area contributed by atoms with Gasteiger partial charge in [0.1, 0.15) is 0 Å². The van der Waals surface area contributed by atoms with E-state index in [-0.39, 0.29) is 42.3 Å². The zero-order chi connectivity index (χ0) is 24.3. The van der Waals surface area contributed by atoms with Gasteiger partial charge in [-0.15, -0.1) is 24.8 Å². The van der Waals surface area contributed by atoms with Gasteiger partial charge < -0.3 is 9.88 Å². The summed E-state index contributed by atoms with van der Waals surface area (Å²) in [6.45, 7) is 1.15. The minimum absolute atomic E-state index is 0. The first-order chi connectivity index (χ1) is 17.0. The lowest BCUT2D eigenvalue weighted by atomic mass is 10.1. The molecule has 0 saturated heterocycles. The Kier molecular flexibility index (Phi) is 9.29. The van der Waals surface area contributed by atoms with Gasteiger partial charge in [0, 0.05) is 43.4 Å². The topological polar surface area (TPSA) is 106 Å². The van der Waals surface area contributed by atoms with Gasteiger partial charge >= 0.3 is 0 Å². The third-order valence-electron chi connectivity index (χ3n) is 6.17. The van der Waals surface area contributed by atoms with Crippen molar-refractivity contribution in [3.8, 4) is 6.07 Å². The quantitative estimate of drug-likeness (QED) is 0.378. The van der Waals surface area contributed by atoms with Crippen LogP contribution in [-0.2, 0) is 29.5 Å². The summed E-state index contributed by atoms with van der Waals surface area (Å²) in [7, 11) is -3.82. The zero-order valence-corrected chi connectivity index (χ0v) is 22.2. The van der Waals surface area contributed by atoms with E-state index in [0.29, 0.717) is 25.1 Å². The molecule has 192 valence electrons. The first-order valence-electron chi connectivity index (χ1n) is 11.3. The number of nitrogens with zero attached hydrogens (tertiary/aromatic N) is 5. The number of anilines is 1. The number of rotatable bonds is 6. The molecule has 0 bridgehead atoms. The highest BCUT2D eigenvalue weighted by Crippen LogP contribution is 2.33. The Morgan fingerprint density at radius 1 is 1.03 bits per heavy atom. The minimum Gasteiger partial charge on any atom is -0.364 e. The average Bonchev–Trinajstić information content (AvgIpc) is 3.35. The Morgan fingerprint density at radius 2 is 1.84 bits per heavy atom. The highest BCUT2D eigenvalue weighted by Gasteiger charge is 2.36. The van der Waals surface area contributed by atoms with Crippen molar-refractivity contribution in [2.75, 3.05) is 11.4 Å². The third-order valence-corrected chi connectivity index (χ3v) is 8.09. The number of nitriles is 1. The van der Waals surface area contributed by atoms with Gasteiger partial charge in [0.05, 0.1) is 35.1 Å². The van der Waals surface area contributed by atoms with Crippen LogP contribution in [0.5, 0.6) is 0 Å². The van der Waals surface area contributed by atoms with E-state index in [9.17, 15) is 13.7 Å². The van der Waals surface area contributed by atoms with Crippen molar-refractivity contribution < 1.29 is 8.42 Å². The molecule has 1 N–H and O–H groups in total. The van der Waals surface area contributed by atoms with E-state index >= 15 is 0 Å². The second kappa shape index (κ2) is 12.2. The maximum absolute atomic E-state index is 13.9. The van der Waals surface area contributed by atoms with Crippen molar-refractivity contribution in [3.63, 3.8) is 0 Å². The molecule has 5 rings (SSSR count). The molecule has 11 heteroatoms. The lowest BCUT2D eigenvalue weighted by molar-refractivity contribution is 0.317. The number of aromatic nitrogens is 3. The lowest BCUT2D eigenvalue weighted by Crippen LogP contribution is -2.45. The van der Waals surface area contributed by atoms with Crippen molar-refractivity contribution in [1.29, 1.82) is 5.26 Å². The van der Waals surface area contributed by atoms with Crippen LogP contribution < -0.4 is 4.90 Å². The van der Waals surface area contributed by atoms with E-state index < -0.39 is 10.0 Å². The van der Waals surface area contributed by atoms with E-state index in [1.165, 1.54) is 0 Å². The molecule has 1 atom stereocenters. The molecule has 2 aromatic heterocycles. The molecule has 1 aliphatic heterocycles. The van der Waals surface area contributed by atoms with Crippen LogP contribution in [0.1, 0.15) is 22.4 Å². The van der Waals surface area contributed by atoms with E-state index in [0.717, 1.165) is 22.5 Å². The smallest absolute Gasteiger partial charge is 0.243 e. The van der Waals surface area contributed by atoms with Crippen LogP contribution >= 0.6 is 24.8 Å². The maximum Gasteiger partial charge on any atom is 0.243 e. The predicted octanol–water partition coefficient (Wildman–Crippen LogP) is 4.34. The average molecular weight is 558 g/mol. The van der Waals surface area contributed by atoms with Crippen LogP contribution in [0.3, 0.4) is 0 Å². The molecule has 0 unspecified atom stereocenters.